The van der Waals surface area contributed by atoms with Crippen LogP contribution in [-0.4, -0.2) is 90.6 Å². The van der Waals surface area contributed by atoms with Gasteiger partial charge in [-0.2, -0.15) is 0 Å². The van der Waals surface area contributed by atoms with Crippen LogP contribution in [0, 0.1) is 0 Å². The Bertz CT molecular complexity index is 2130. The van der Waals surface area contributed by atoms with Crippen LogP contribution in [0.4, 0.5) is 22.7 Å². The van der Waals surface area contributed by atoms with E-state index >= 15 is 0 Å². The zero-order valence-electron chi connectivity index (χ0n) is 32.0. The van der Waals surface area contributed by atoms with Gasteiger partial charge in [-0.3, -0.25) is 19.2 Å². The van der Waals surface area contributed by atoms with Crippen molar-refractivity contribution < 1.29 is 47.6 Å². The van der Waals surface area contributed by atoms with Gasteiger partial charge in [0.25, 0.3) is 23.6 Å². The number of hydrogen-bond acceptors (Lipinski definition) is 10. The molecule has 0 aliphatic carbocycles. The molecule has 0 saturated heterocycles. The number of nitrogens with one attached hydrogen (secondary N) is 2. The lowest BCUT2D eigenvalue weighted by Crippen LogP contribution is -2.26. The van der Waals surface area contributed by atoms with Crippen LogP contribution < -0.4 is 39.4 Å². The minimum absolute atomic E-state index is 0.190. The van der Waals surface area contributed by atoms with Crippen molar-refractivity contribution in [3.8, 4) is 23.0 Å². The SMILES string of the molecule is CN1C(=O)c2ccc(cc2)NC(=O)c2cccc(c2)C(=O)Nc2ccc(cc2)C(=O)N(C)c2ccc3c(c2)OCCOCCOc2cc1ccc2OCCOCCO3. The Morgan fingerprint density at radius 3 is 1.19 bits per heavy atom. The maximum absolute atomic E-state index is 13.6. The summed E-state index contributed by atoms with van der Waals surface area (Å²) in [6.07, 6.45) is 0. The van der Waals surface area contributed by atoms with Crippen LogP contribution in [0.1, 0.15) is 41.4 Å². The molecule has 9 rings (SSSR count). The molecule has 298 valence electrons. The number of hydrogen-bond donors (Lipinski definition) is 2. The molecular formula is C44H42N4O10. The van der Waals surface area contributed by atoms with Crippen molar-refractivity contribution in [2.45, 2.75) is 0 Å². The van der Waals surface area contributed by atoms with Crippen LogP contribution in [0.15, 0.2) is 109 Å². The number of carbonyl (C=O) groups is 4. The predicted molar refractivity (Wildman–Crippen MR) is 217 cm³/mol. The molecule has 4 heterocycles. The van der Waals surface area contributed by atoms with E-state index in [-0.39, 0.29) is 75.8 Å². The highest BCUT2D eigenvalue weighted by Crippen LogP contribution is 2.34. The van der Waals surface area contributed by atoms with Crippen molar-refractivity contribution in [3.05, 3.63) is 131 Å². The molecule has 4 aliphatic heterocycles. The van der Waals surface area contributed by atoms with Crippen LogP contribution in [0.25, 0.3) is 0 Å². The summed E-state index contributed by atoms with van der Waals surface area (Å²) in [4.78, 5) is 56.6. The van der Waals surface area contributed by atoms with Crippen molar-refractivity contribution in [3.63, 3.8) is 0 Å². The predicted octanol–water partition coefficient (Wildman–Crippen LogP) is 6.32. The van der Waals surface area contributed by atoms with E-state index in [0.29, 0.717) is 56.9 Å². The van der Waals surface area contributed by atoms with Gasteiger partial charge in [-0.25, -0.2) is 0 Å². The first-order chi connectivity index (χ1) is 28.2. The quantitative estimate of drug-likeness (QED) is 0.182. The Balaban J connectivity index is 1.18. The van der Waals surface area contributed by atoms with Gasteiger partial charge < -0.3 is 48.9 Å². The lowest BCUT2D eigenvalue weighted by atomic mass is 10.1. The third-order valence-corrected chi connectivity index (χ3v) is 9.35. The van der Waals surface area contributed by atoms with Crippen molar-refractivity contribution in [2.24, 2.45) is 0 Å². The maximum Gasteiger partial charge on any atom is 0.258 e. The number of carbonyl (C=O) groups excluding carboxylic acids is 4. The lowest BCUT2D eigenvalue weighted by Gasteiger charge is -2.21. The minimum Gasteiger partial charge on any atom is -0.487 e. The molecule has 10 bridgehead atoms. The number of benzene rings is 5. The molecule has 0 unspecified atom stereocenters. The average molecular weight is 787 g/mol. The van der Waals surface area contributed by atoms with E-state index in [0.717, 1.165) is 0 Å². The smallest absolute Gasteiger partial charge is 0.258 e. The minimum atomic E-state index is -0.436. The van der Waals surface area contributed by atoms with Gasteiger partial charge in [0.05, 0.1) is 26.4 Å². The summed E-state index contributed by atoms with van der Waals surface area (Å²) in [7, 11) is 3.31. The van der Waals surface area contributed by atoms with E-state index in [1.54, 1.807) is 117 Å². The number of anilines is 4. The number of rotatable bonds is 0. The molecule has 5 aromatic carbocycles. The molecule has 2 N–H and O–H groups in total. The lowest BCUT2D eigenvalue weighted by molar-refractivity contribution is 0.0640. The second-order valence-electron chi connectivity index (χ2n) is 13.3. The van der Waals surface area contributed by atoms with Crippen LogP contribution >= 0.6 is 0 Å². The average Bonchev–Trinajstić information content (AvgIpc) is 3.25. The molecular weight excluding hydrogens is 745 g/mol. The Kier molecular flexibility index (Phi) is 12.5. The van der Waals surface area contributed by atoms with Crippen LogP contribution in [-0.2, 0) is 9.47 Å². The summed E-state index contributed by atoms with van der Waals surface area (Å²) < 4.78 is 35.8. The Labute approximate surface area is 335 Å². The van der Waals surface area contributed by atoms with Gasteiger partial charge in [-0.1, -0.05) is 6.07 Å². The standard InChI is InChI=1S/C44H42N4O10/c1-47-35-14-16-37-39(27-35)57-24-20-54-21-25-58-40-28-36(15-17-38(40)56-23-19-53-18-22-55-37)48(2)44(52)30-8-12-34(13-9-30)46-42(50)32-5-3-4-31(26-32)41(49)45-33-10-6-29(7-11-33)43(47)51/h3-17,26-28H,18-25H2,1-2H3,(H,45,49)(H,46,50). The largest absolute Gasteiger partial charge is 0.487 e. The fraction of sp³-hybridized carbons (Fsp3) is 0.227. The van der Waals surface area contributed by atoms with Gasteiger partial charge in [0.15, 0.2) is 23.0 Å². The number of amides is 4. The van der Waals surface area contributed by atoms with Gasteiger partial charge in [0.1, 0.15) is 26.4 Å². The molecule has 0 aromatic heterocycles. The highest BCUT2D eigenvalue weighted by molar-refractivity contribution is 6.10. The maximum atomic E-state index is 13.6. The van der Waals surface area contributed by atoms with Gasteiger partial charge >= 0.3 is 0 Å². The van der Waals surface area contributed by atoms with Gasteiger partial charge in [-0.15, -0.1) is 0 Å². The van der Waals surface area contributed by atoms with Crippen LogP contribution in [0.5, 0.6) is 23.0 Å². The molecule has 4 amide bonds. The zero-order valence-corrected chi connectivity index (χ0v) is 32.0. The summed E-state index contributed by atoms with van der Waals surface area (Å²) in [5, 5.41) is 5.65. The molecule has 5 aromatic rings. The summed E-state index contributed by atoms with van der Waals surface area (Å²) in [5.74, 6) is 0.340. The van der Waals surface area contributed by atoms with E-state index in [1.807, 2.05) is 0 Å². The highest BCUT2D eigenvalue weighted by Gasteiger charge is 2.20. The van der Waals surface area contributed by atoms with Gasteiger partial charge in [-0.05, 0) is 91.0 Å². The topological polar surface area (TPSA) is 154 Å². The highest BCUT2D eigenvalue weighted by atomic mass is 16.6. The molecule has 0 atom stereocenters. The van der Waals surface area contributed by atoms with Gasteiger partial charge in [0, 0.05) is 71.2 Å². The van der Waals surface area contributed by atoms with E-state index < -0.39 is 11.8 Å². The molecule has 0 spiro atoms. The van der Waals surface area contributed by atoms with Crippen molar-refractivity contribution in [1.29, 1.82) is 0 Å². The zero-order chi connectivity index (χ0) is 40.4. The third kappa shape index (κ3) is 9.54. The molecule has 14 nitrogen and oxygen atoms in total. The van der Waals surface area contributed by atoms with E-state index in [1.165, 1.54) is 15.9 Å². The van der Waals surface area contributed by atoms with Crippen molar-refractivity contribution in [1.82, 2.24) is 0 Å². The number of ether oxygens (including phenoxy) is 6. The fourth-order valence-electron chi connectivity index (χ4n) is 6.14. The van der Waals surface area contributed by atoms with Crippen molar-refractivity contribution >= 4 is 46.4 Å². The Morgan fingerprint density at radius 1 is 0.414 bits per heavy atom. The second kappa shape index (κ2) is 18.4. The molecule has 58 heavy (non-hydrogen) atoms. The monoisotopic (exact) mass is 786 g/mol. The van der Waals surface area contributed by atoms with Crippen LogP contribution in [0.3, 0.4) is 0 Å². The Hall–Kier alpha value is -6.90. The number of fused-ring (bicyclic) bond motifs is 2. The summed E-state index contributed by atoms with van der Waals surface area (Å²) in [5.41, 5.74) is 3.35. The van der Waals surface area contributed by atoms with E-state index in [2.05, 4.69) is 10.6 Å². The van der Waals surface area contributed by atoms with Gasteiger partial charge in [0.2, 0.25) is 0 Å². The number of nitrogens with zero attached hydrogens (tertiary/aromatic N) is 2. The fourth-order valence-corrected chi connectivity index (χ4v) is 6.14. The Morgan fingerprint density at radius 2 is 0.793 bits per heavy atom. The van der Waals surface area contributed by atoms with Crippen molar-refractivity contribution in [2.75, 3.05) is 87.4 Å². The molecule has 0 saturated carbocycles. The first-order valence-corrected chi connectivity index (χ1v) is 18.7. The third-order valence-electron chi connectivity index (χ3n) is 9.35. The normalized spacial score (nSPS) is 16.0. The summed E-state index contributed by atoms with van der Waals surface area (Å²) in [6.45, 7) is 1.87. The molecule has 4 aliphatic rings. The molecule has 0 radical (unpaired) electrons. The van der Waals surface area contributed by atoms with E-state index in [4.69, 9.17) is 28.4 Å². The summed E-state index contributed by atoms with van der Waals surface area (Å²) >= 11 is 0. The molecule has 14 heteroatoms. The second-order valence-corrected chi connectivity index (χ2v) is 13.3. The summed E-state index contributed by atoms with van der Waals surface area (Å²) in [6, 6.07) is 29.8. The first kappa shape index (κ1) is 39.3. The van der Waals surface area contributed by atoms with Crippen LogP contribution in [0.2, 0.25) is 0 Å². The molecule has 0 fully saturated rings. The van der Waals surface area contributed by atoms with E-state index in [9.17, 15) is 19.2 Å². The first-order valence-electron chi connectivity index (χ1n) is 18.7.